The van der Waals surface area contributed by atoms with Crippen molar-refractivity contribution >= 4 is 27.8 Å². The van der Waals surface area contributed by atoms with E-state index < -0.39 is 0 Å². The van der Waals surface area contributed by atoms with Crippen molar-refractivity contribution in [1.29, 1.82) is 0 Å². The highest BCUT2D eigenvalue weighted by atomic mass is 79.9. The standard InChI is InChI=1S/C11H13BrN4O/c12-8-1-2-10(13-5-8)15-3-4-16-9(7-15)6-14-11(16)17/h1-2,5,9H,3-4,6-7H2,(H,14,17). The molecule has 6 heteroatoms. The van der Waals surface area contributed by atoms with Gasteiger partial charge in [-0.1, -0.05) is 0 Å². The summed E-state index contributed by atoms with van der Waals surface area (Å²) in [6, 6.07) is 4.34. The zero-order valence-corrected chi connectivity index (χ0v) is 10.9. The molecular formula is C11H13BrN4O. The number of hydrogen-bond donors (Lipinski definition) is 1. The molecule has 17 heavy (non-hydrogen) atoms. The van der Waals surface area contributed by atoms with Gasteiger partial charge in [-0.25, -0.2) is 9.78 Å². The van der Waals surface area contributed by atoms with Gasteiger partial charge in [-0.05, 0) is 28.1 Å². The van der Waals surface area contributed by atoms with Gasteiger partial charge in [0.05, 0.1) is 6.04 Å². The number of nitrogens with zero attached hydrogens (tertiary/aromatic N) is 3. The molecular weight excluding hydrogens is 284 g/mol. The normalized spacial score (nSPS) is 23.6. The van der Waals surface area contributed by atoms with Crippen LogP contribution >= 0.6 is 15.9 Å². The molecule has 0 saturated carbocycles. The zero-order valence-electron chi connectivity index (χ0n) is 9.27. The van der Waals surface area contributed by atoms with Crippen molar-refractivity contribution in [2.45, 2.75) is 6.04 Å². The van der Waals surface area contributed by atoms with E-state index >= 15 is 0 Å². The number of piperazine rings is 1. The molecule has 3 rings (SSSR count). The summed E-state index contributed by atoms with van der Waals surface area (Å²) in [5.41, 5.74) is 0. The number of aromatic nitrogens is 1. The molecule has 1 unspecified atom stereocenters. The lowest BCUT2D eigenvalue weighted by Crippen LogP contribution is -2.52. The van der Waals surface area contributed by atoms with E-state index in [4.69, 9.17) is 0 Å². The molecule has 0 spiro atoms. The van der Waals surface area contributed by atoms with Gasteiger partial charge in [-0.3, -0.25) is 0 Å². The average molecular weight is 297 g/mol. The number of halogens is 1. The number of pyridine rings is 1. The maximum atomic E-state index is 11.5. The van der Waals surface area contributed by atoms with Crippen LogP contribution in [0.5, 0.6) is 0 Å². The van der Waals surface area contributed by atoms with E-state index in [-0.39, 0.29) is 12.1 Å². The molecule has 5 nitrogen and oxygen atoms in total. The summed E-state index contributed by atoms with van der Waals surface area (Å²) in [7, 11) is 0. The van der Waals surface area contributed by atoms with Gasteiger partial charge in [0.1, 0.15) is 5.82 Å². The predicted molar refractivity (Wildman–Crippen MR) is 68.0 cm³/mol. The highest BCUT2D eigenvalue weighted by Gasteiger charge is 2.35. The smallest absolute Gasteiger partial charge is 0.317 e. The summed E-state index contributed by atoms with van der Waals surface area (Å²) >= 11 is 3.38. The third-order valence-electron chi connectivity index (χ3n) is 3.27. The fourth-order valence-electron chi connectivity index (χ4n) is 2.37. The Labute approximate surface area is 108 Å². The summed E-state index contributed by atoms with van der Waals surface area (Å²) in [6.07, 6.45) is 1.81. The second kappa shape index (κ2) is 4.18. The van der Waals surface area contributed by atoms with E-state index in [1.54, 1.807) is 6.20 Å². The second-order valence-electron chi connectivity index (χ2n) is 4.31. The van der Waals surface area contributed by atoms with Crippen LogP contribution in [0, 0.1) is 0 Å². The SMILES string of the molecule is O=C1NCC2CN(c3ccc(Br)cn3)CCN12. The molecule has 0 bridgehead atoms. The first-order valence-corrected chi connectivity index (χ1v) is 6.44. The van der Waals surface area contributed by atoms with Crippen molar-refractivity contribution in [3.63, 3.8) is 0 Å². The van der Waals surface area contributed by atoms with Crippen LogP contribution in [0.4, 0.5) is 10.6 Å². The van der Waals surface area contributed by atoms with E-state index in [9.17, 15) is 4.79 Å². The highest BCUT2D eigenvalue weighted by Crippen LogP contribution is 2.20. The van der Waals surface area contributed by atoms with Crippen LogP contribution in [0.2, 0.25) is 0 Å². The summed E-state index contributed by atoms with van der Waals surface area (Å²) in [6.45, 7) is 3.21. The van der Waals surface area contributed by atoms with Gasteiger partial charge < -0.3 is 15.1 Å². The van der Waals surface area contributed by atoms with Gasteiger partial charge in [0.25, 0.3) is 0 Å². The molecule has 0 aromatic carbocycles. The quantitative estimate of drug-likeness (QED) is 0.843. The number of rotatable bonds is 1. The molecule has 2 amide bonds. The lowest BCUT2D eigenvalue weighted by molar-refractivity contribution is 0.197. The van der Waals surface area contributed by atoms with Crippen molar-refractivity contribution in [3.05, 3.63) is 22.8 Å². The van der Waals surface area contributed by atoms with Crippen molar-refractivity contribution in [1.82, 2.24) is 15.2 Å². The fraction of sp³-hybridized carbons (Fsp3) is 0.455. The first kappa shape index (κ1) is 10.8. The average Bonchev–Trinajstić information content (AvgIpc) is 2.72. The van der Waals surface area contributed by atoms with Crippen LogP contribution in [-0.2, 0) is 0 Å². The molecule has 1 aromatic rings. The van der Waals surface area contributed by atoms with Gasteiger partial charge in [-0.15, -0.1) is 0 Å². The van der Waals surface area contributed by atoms with Crippen LogP contribution in [0.3, 0.4) is 0 Å². The maximum Gasteiger partial charge on any atom is 0.317 e. The Kier molecular flexibility index (Phi) is 2.66. The van der Waals surface area contributed by atoms with Gasteiger partial charge >= 0.3 is 6.03 Å². The second-order valence-corrected chi connectivity index (χ2v) is 5.23. The topological polar surface area (TPSA) is 48.5 Å². The number of urea groups is 1. The lowest BCUT2D eigenvalue weighted by atomic mass is 10.2. The third kappa shape index (κ3) is 1.97. The lowest BCUT2D eigenvalue weighted by Gasteiger charge is -2.37. The van der Waals surface area contributed by atoms with Gasteiger partial charge in [0, 0.05) is 36.8 Å². The minimum Gasteiger partial charge on any atom is -0.353 e. The van der Waals surface area contributed by atoms with Crippen LogP contribution in [0.15, 0.2) is 22.8 Å². The number of nitrogens with one attached hydrogen (secondary N) is 1. The maximum absolute atomic E-state index is 11.5. The minimum atomic E-state index is 0.0680. The van der Waals surface area contributed by atoms with Crippen molar-refractivity contribution in [2.24, 2.45) is 0 Å². The summed E-state index contributed by atoms with van der Waals surface area (Å²) in [5, 5.41) is 2.88. The Bertz CT molecular complexity index is 436. The molecule has 2 saturated heterocycles. The minimum absolute atomic E-state index is 0.0680. The molecule has 1 N–H and O–H groups in total. The number of amides is 2. The molecule has 90 valence electrons. The monoisotopic (exact) mass is 296 g/mol. The first-order valence-electron chi connectivity index (χ1n) is 5.65. The highest BCUT2D eigenvalue weighted by molar-refractivity contribution is 9.10. The zero-order chi connectivity index (χ0) is 11.8. The first-order chi connectivity index (χ1) is 8.24. The Morgan fingerprint density at radius 3 is 3.06 bits per heavy atom. The third-order valence-corrected chi connectivity index (χ3v) is 3.74. The number of carbonyl (C=O) groups excluding carboxylic acids is 1. The number of carbonyl (C=O) groups is 1. The fourth-order valence-corrected chi connectivity index (χ4v) is 2.60. The van der Waals surface area contributed by atoms with E-state index in [0.717, 1.165) is 36.5 Å². The van der Waals surface area contributed by atoms with Crippen LogP contribution in [0.1, 0.15) is 0 Å². The number of anilines is 1. The molecule has 0 radical (unpaired) electrons. The molecule has 0 aliphatic carbocycles. The Balaban J connectivity index is 1.75. The largest absolute Gasteiger partial charge is 0.353 e. The molecule has 3 heterocycles. The van der Waals surface area contributed by atoms with Crippen molar-refractivity contribution in [2.75, 3.05) is 31.1 Å². The Morgan fingerprint density at radius 1 is 1.41 bits per heavy atom. The molecule has 2 aliphatic heterocycles. The van der Waals surface area contributed by atoms with Crippen LogP contribution in [-0.4, -0.2) is 48.1 Å². The molecule has 1 atom stereocenters. The number of fused-ring (bicyclic) bond motifs is 1. The molecule has 2 aliphatic rings. The van der Waals surface area contributed by atoms with Gasteiger partial charge in [-0.2, -0.15) is 0 Å². The number of hydrogen-bond acceptors (Lipinski definition) is 3. The summed E-state index contributed by atoms with van der Waals surface area (Å²) in [5.74, 6) is 0.979. The Morgan fingerprint density at radius 2 is 2.29 bits per heavy atom. The summed E-state index contributed by atoms with van der Waals surface area (Å²) < 4.78 is 0.984. The van der Waals surface area contributed by atoms with Crippen molar-refractivity contribution in [3.8, 4) is 0 Å². The van der Waals surface area contributed by atoms with Crippen LogP contribution < -0.4 is 10.2 Å². The van der Waals surface area contributed by atoms with Crippen molar-refractivity contribution < 1.29 is 4.79 Å². The van der Waals surface area contributed by atoms with Crippen LogP contribution in [0.25, 0.3) is 0 Å². The van der Waals surface area contributed by atoms with Gasteiger partial charge in [0.15, 0.2) is 0 Å². The van der Waals surface area contributed by atoms with E-state index in [1.807, 2.05) is 17.0 Å². The van der Waals surface area contributed by atoms with E-state index in [2.05, 4.69) is 31.1 Å². The van der Waals surface area contributed by atoms with E-state index in [1.165, 1.54) is 0 Å². The Hall–Kier alpha value is -1.30. The summed E-state index contributed by atoms with van der Waals surface area (Å²) in [4.78, 5) is 20.0. The van der Waals surface area contributed by atoms with E-state index in [0.29, 0.717) is 0 Å². The predicted octanol–water partition coefficient (Wildman–Crippen LogP) is 1.06. The molecule has 1 aromatic heterocycles. The van der Waals surface area contributed by atoms with Gasteiger partial charge in [0.2, 0.25) is 0 Å². The molecule has 2 fully saturated rings.